The molecule has 0 spiro atoms. The zero-order valence-corrected chi connectivity index (χ0v) is 28.6. The molecule has 1 aliphatic heterocycles. The highest BCUT2D eigenvalue weighted by molar-refractivity contribution is 5.63. The first kappa shape index (κ1) is 34.7. The number of rotatable bonds is 4. The minimum Gasteiger partial charge on any atom is -0.327 e. The lowest BCUT2D eigenvalue weighted by atomic mass is 9.92. The second-order valence-electron chi connectivity index (χ2n) is 13.3. The average molecular weight is 761 g/mol. The Balaban J connectivity index is 1.33. The third-order valence-electron chi connectivity index (χ3n) is 9.50. The molecular weight excluding hydrogens is 736 g/mol. The summed E-state index contributed by atoms with van der Waals surface area (Å²) in [4.78, 5) is 13.0. The van der Waals surface area contributed by atoms with Crippen LogP contribution >= 0.6 is 0 Å². The molecule has 4 aromatic heterocycles. The molecule has 1 aliphatic rings. The SMILES string of the molecule is Fc1cc(F)cc([C+]2c3ccc([nH]3)[C+](c3cc(F)cc(F)c3)c3ccc([nH]3)[C+](c3cc(F)cc(F)c3)c3ccc([nH]3)[C+](c3cc(F)cc(F)c3)c3ccc2[nH]3)c1. The highest BCUT2D eigenvalue weighted by atomic mass is 19.2. The van der Waals surface area contributed by atoms with Crippen LogP contribution in [0.1, 0.15) is 67.8 Å². The Morgan fingerprint density at radius 1 is 0.232 bits per heavy atom. The Kier molecular flexibility index (Phi) is 8.26. The van der Waals surface area contributed by atoms with Gasteiger partial charge in [0.2, 0.25) is 0 Å². The Labute approximate surface area is 313 Å². The summed E-state index contributed by atoms with van der Waals surface area (Å²) in [6, 6.07) is 25.0. The highest BCUT2D eigenvalue weighted by Crippen LogP contribution is 2.41. The molecule has 4 aromatic carbocycles. The van der Waals surface area contributed by atoms with Crippen molar-refractivity contribution in [1.82, 2.24) is 19.9 Å². The maximum Gasteiger partial charge on any atom is 0.160 e. The summed E-state index contributed by atoms with van der Waals surface area (Å²) < 4.78 is 119. The normalized spacial score (nSPS) is 12.9. The van der Waals surface area contributed by atoms with Crippen LogP contribution in [0, 0.1) is 70.2 Å². The van der Waals surface area contributed by atoms with Crippen molar-refractivity contribution in [2.45, 2.75) is 0 Å². The average Bonchev–Trinajstić information content (AvgIpc) is 3.94. The molecule has 0 unspecified atom stereocenters. The highest BCUT2D eigenvalue weighted by Gasteiger charge is 2.38. The van der Waals surface area contributed by atoms with Crippen LogP contribution in [-0.2, 0) is 0 Å². The minimum atomic E-state index is -0.855. The standard InChI is InChI=1S/C44H24F8N4/c45-25-9-21(10-26(46)17-25)41-33-1-2-34(53-33)42(22-11-27(47)18-28(48)12-22)36-5-6-38(55-36)44(24-15-31(51)20-32(52)16-24)40-8-7-39(56-40)43(37-4-3-35(41)54-37)23-13-29(49)19-30(50)14-23/h1-20,53-56H/q+4. The zero-order valence-electron chi connectivity index (χ0n) is 28.6. The van der Waals surface area contributed by atoms with Gasteiger partial charge in [0.15, 0.2) is 46.5 Å². The molecule has 0 atom stereocenters. The van der Waals surface area contributed by atoms with Gasteiger partial charge in [-0.1, -0.05) is 0 Å². The van der Waals surface area contributed by atoms with Crippen LogP contribution in [0.25, 0.3) is 0 Å². The summed E-state index contributed by atoms with van der Waals surface area (Å²) in [6.07, 6.45) is 0. The van der Waals surface area contributed by atoms with Gasteiger partial charge >= 0.3 is 0 Å². The molecule has 0 saturated carbocycles. The maximum absolute atomic E-state index is 14.8. The topological polar surface area (TPSA) is 63.2 Å². The Morgan fingerprint density at radius 2 is 0.375 bits per heavy atom. The molecule has 272 valence electrons. The molecule has 9 rings (SSSR count). The van der Waals surface area contributed by atoms with E-state index >= 15 is 0 Å². The first-order valence-corrected chi connectivity index (χ1v) is 17.1. The van der Waals surface area contributed by atoms with E-state index in [0.29, 0.717) is 45.6 Å². The second-order valence-corrected chi connectivity index (χ2v) is 13.3. The van der Waals surface area contributed by atoms with Crippen molar-refractivity contribution in [3.8, 4) is 0 Å². The fraction of sp³-hybridized carbons (Fsp3) is 0. The van der Waals surface area contributed by atoms with Gasteiger partial charge in [0, 0.05) is 72.8 Å². The lowest BCUT2D eigenvalue weighted by Gasteiger charge is -2.14. The van der Waals surface area contributed by atoms with E-state index in [-0.39, 0.29) is 45.9 Å². The molecule has 0 radical (unpaired) electrons. The monoisotopic (exact) mass is 760 g/mol. The van der Waals surface area contributed by atoms with Crippen LogP contribution in [0.3, 0.4) is 0 Å². The third kappa shape index (κ3) is 6.34. The van der Waals surface area contributed by atoms with Crippen molar-refractivity contribution in [3.05, 3.63) is 259 Å². The summed E-state index contributed by atoms with van der Waals surface area (Å²) >= 11 is 0. The molecule has 8 aromatic rings. The van der Waals surface area contributed by atoms with Gasteiger partial charge in [0.1, 0.15) is 69.2 Å². The number of nitrogens with one attached hydrogen (secondary N) is 4. The first-order valence-electron chi connectivity index (χ1n) is 17.1. The van der Waals surface area contributed by atoms with Crippen molar-refractivity contribution in [1.29, 1.82) is 0 Å². The van der Waals surface area contributed by atoms with E-state index in [4.69, 9.17) is 0 Å². The van der Waals surface area contributed by atoms with Gasteiger partial charge in [-0.15, -0.1) is 0 Å². The van der Waals surface area contributed by atoms with Crippen molar-refractivity contribution >= 4 is 0 Å². The van der Waals surface area contributed by atoms with Gasteiger partial charge in [-0.05, 0) is 0 Å². The van der Waals surface area contributed by atoms with E-state index in [9.17, 15) is 35.1 Å². The maximum atomic E-state index is 14.8. The van der Waals surface area contributed by atoms with E-state index in [1.165, 1.54) is 0 Å². The van der Waals surface area contributed by atoms with E-state index in [2.05, 4.69) is 19.9 Å². The molecule has 5 heterocycles. The fourth-order valence-corrected chi connectivity index (χ4v) is 7.36. The summed E-state index contributed by atoms with van der Waals surface area (Å²) in [5.41, 5.74) is 3.10. The van der Waals surface area contributed by atoms with E-state index in [0.717, 1.165) is 72.8 Å². The smallest absolute Gasteiger partial charge is 0.160 e. The number of aromatic nitrogens is 4. The Hall–Kier alpha value is -7.08. The van der Waals surface area contributed by atoms with Crippen LogP contribution in [0.4, 0.5) is 35.1 Å². The van der Waals surface area contributed by atoms with Crippen molar-refractivity contribution < 1.29 is 35.1 Å². The summed E-state index contributed by atoms with van der Waals surface area (Å²) in [5, 5.41) is 0. The number of fused-ring (bicyclic) bond motifs is 8. The fourth-order valence-electron chi connectivity index (χ4n) is 7.36. The van der Waals surface area contributed by atoms with Gasteiger partial charge in [0.25, 0.3) is 0 Å². The molecular formula is C44H24F8N4+4. The van der Waals surface area contributed by atoms with E-state index in [1.54, 1.807) is 48.5 Å². The van der Waals surface area contributed by atoms with Crippen molar-refractivity contribution in [2.24, 2.45) is 0 Å². The van der Waals surface area contributed by atoms with Crippen LogP contribution in [0.2, 0.25) is 0 Å². The third-order valence-corrected chi connectivity index (χ3v) is 9.50. The van der Waals surface area contributed by atoms with Gasteiger partial charge < -0.3 is 19.9 Å². The zero-order chi connectivity index (χ0) is 38.8. The Morgan fingerprint density at radius 3 is 0.518 bits per heavy atom. The van der Waals surface area contributed by atoms with Gasteiger partial charge in [-0.2, -0.15) is 35.1 Å². The number of hydrogen-bond donors (Lipinski definition) is 4. The summed E-state index contributed by atoms with van der Waals surface area (Å²) in [5.74, 6) is -5.71. The quantitative estimate of drug-likeness (QED) is 0.102. The van der Waals surface area contributed by atoms with Gasteiger partial charge in [-0.25, -0.2) is 0 Å². The number of H-pyrrole nitrogens is 4. The number of hydrogen-bond acceptors (Lipinski definition) is 0. The summed E-state index contributed by atoms with van der Waals surface area (Å²) in [7, 11) is 0. The molecule has 4 N–H and O–H groups in total. The molecule has 56 heavy (non-hydrogen) atoms. The van der Waals surface area contributed by atoms with Crippen LogP contribution < -0.4 is 0 Å². The first-order chi connectivity index (χ1) is 26.9. The number of benzene rings is 4. The molecule has 8 bridgehead atoms. The molecule has 0 fully saturated rings. The Bertz CT molecular complexity index is 2230. The molecule has 0 amide bonds. The predicted octanol–water partition coefficient (Wildman–Crippen LogP) is 10.5. The van der Waals surface area contributed by atoms with Crippen LogP contribution in [0.15, 0.2) is 121 Å². The van der Waals surface area contributed by atoms with E-state index in [1.807, 2.05) is 0 Å². The van der Waals surface area contributed by atoms with Crippen molar-refractivity contribution in [2.75, 3.05) is 0 Å². The summed E-state index contributed by atoms with van der Waals surface area (Å²) in [6.45, 7) is 0. The molecule has 0 saturated heterocycles. The molecule has 0 aliphatic carbocycles. The molecule has 4 nitrogen and oxygen atoms in total. The van der Waals surface area contributed by atoms with Crippen molar-refractivity contribution in [3.63, 3.8) is 0 Å². The van der Waals surface area contributed by atoms with E-state index < -0.39 is 46.5 Å². The number of aromatic amines is 4. The van der Waals surface area contributed by atoms with Crippen LogP contribution in [-0.4, -0.2) is 19.9 Å². The van der Waals surface area contributed by atoms with Crippen LogP contribution in [0.5, 0.6) is 0 Å². The largest absolute Gasteiger partial charge is 0.327 e. The lowest BCUT2D eigenvalue weighted by Crippen LogP contribution is -2.12. The second kappa shape index (κ2) is 13.3. The number of halogens is 8. The predicted molar refractivity (Wildman–Crippen MR) is 191 cm³/mol. The molecule has 12 heteroatoms. The lowest BCUT2D eigenvalue weighted by molar-refractivity contribution is 0.580. The van der Waals surface area contributed by atoms with Gasteiger partial charge in [0.05, 0.1) is 70.8 Å². The van der Waals surface area contributed by atoms with Gasteiger partial charge in [-0.3, -0.25) is 0 Å². The minimum absolute atomic E-state index is 0.119.